The number of rotatable bonds is 2. The number of amides is 1. The molecule has 1 saturated heterocycles. The summed E-state index contributed by atoms with van der Waals surface area (Å²) in [7, 11) is 0. The van der Waals surface area contributed by atoms with Gasteiger partial charge in [0.25, 0.3) is 0 Å². The lowest BCUT2D eigenvalue weighted by Crippen LogP contribution is -2.52. The van der Waals surface area contributed by atoms with Crippen molar-refractivity contribution in [1.82, 2.24) is 4.90 Å². The lowest BCUT2D eigenvalue weighted by Gasteiger charge is -2.28. The van der Waals surface area contributed by atoms with E-state index < -0.39 is 5.54 Å². The number of nitrogens with zero attached hydrogens (tertiary/aromatic N) is 2. The average Bonchev–Trinajstić information content (AvgIpc) is 2.63. The molecular formula is C15H23N3O. The molecule has 4 heteroatoms. The van der Waals surface area contributed by atoms with Crippen LogP contribution in [0.25, 0.3) is 0 Å². The van der Waals surface area contributed by atoms with Gasteiger partial charge in [-0.25, -0.2) is 0 Å². The van der Waals surface area contributed by atoms with Crippen LogP contribution in [0.4, 0.5) is 5.69 Å². The molecule has 1 fully saturated rings. The van der Waals surface area contributed by atoms with E-state index in [-0.39, 0.29) is 5.91 Å². The van der Waals surface area contributed by atoms with Crippen LogP contribution in [-0.4, -0.2) is 42.5 Å². The molecule has 0 aromatic heterocycles. The van der Waals surface area contributed by atoms with Gasteiger partial charge < -0.3 is 15.5 Å². The van der Waals surface area contributed by atoms with E-state index in [1.54, 1.807) is 13.8 Å². The Bertz CT molecular complexity index is 425. The topological polar surface area (TPSA) is 49.6 Å². The molecule has 1 amide bonds. The van der Waals surface area contributed by atoms with E-state index in [0.717, 1.165) is 32.6 Å². The fourth-order valence-corrected chi connectivity index (χ4v) is 2.43. The van der Waals surface area contributed by atoms with Crippen LogP contribution < -0.4 is 10.6 Å². The lowest BCUT2D eigenvalue weighted by atomic mass is 10.1. The number of hydrogen-bond acceptors (Lipinski definition) is 3. The molecule has 0 saturated carbocycles. The summed E-state index contributed by atoms with van der Waals surface area (Å²) >= 11 is 0. The van der Waals surface area contributed by atoms with Crippen LogP contribution in [0, 0.1) is 0 Å². The van der Waals surface area contributed by atoms with Gasteiger partial charge in [0.05, 0.1) is 5.54 Å². The van der Waals surface area contributed by atoms with Crippen LogP contribution in [0.15, 0.2) is 30.3 Å². The standard InChI is InChI=1S/C15H23N3O/c1-15(2,16)14(19)18-10-6-9-17(11-12-18)13-7-4-3-5-8-13/h3-5,7-8H,6,9-12,16H2,1-2H3. The highest BCUT2D eigenvalue weighted by Gasteiger charge is 2.29. The van der Waals surface area contributed by atoms with E-state index in [0.29, 0.717) is 0 Å². The zero-order valence-electron chi connectivity index (χ0n) is 11.8. The molecule has 19 heavy (non-hydrogen) atoms. The van der Waals surface area contributed by atoms with Crippen molar-refractivity contribution < 1.29 is 4.79 Å². The summed E-state index contributed by atoms with van der Waals surface area (Å²) in [4.78, 5) is 16.4. The van der Waals surface area contributed by atoms with Crippen LogP contribution in [0.1, 0.15) is 20.3 Å². The van der Waals surface area contributed by atoms with Crippen molar-refractivity contribution >= 4 is 11.6 Å². The van der Waals surface area contributed by atoms with Crippen LogP contribution in [0.2, 0.25) is 0 Å². The molecule has 0 atom stereocenters. The lowest BCUT2D eigenvalue weighted by molar-refractivity contribution is -0.135. The summed E-state index contributed by atoms with van der Waals surface area (Å²) in [5.41, 5.74) is 6.35. The minimum absolute atomic E-state index is 0.0439. The zero-order valence-corrected chi connectivity index (χ0v) is 11.8. The Hall–Kier alpha value is -1.55. The fourth-order valence-electron chi connectivity index (χ4n) is 2.43. The summed E-state index contributed by atoms with van der Waals surface area (Å²) in [6.07, 6.45) is 0.983. The summed E-state index contributed by atoms with van der Waals surface area (Å²) in [6.45, 7) is 6.94. The van der Waals surface area contributed by atoms with E-state index in [1.165, 1.54) is 5.69 Å². The normalized spacial score (nSPS) is 17.2. The fraction of sp³-hybridized carbons (Fsp3) is 0.533. The van der Waals surface area contributed by atoms with Gasteiger partial charge in [0.15, 0.2) is 0 Å². The molecule has 4 nitrogen and oxygen atoms in total. The van der Waals surface area contributed by atoms with Crippen molar-refractivity contribution in [2.75, 3.05) is 31.1 Å². The molecule has 2 rings (SSSR count). The quantitative estimate of drug-likeness (QED) is 0.877. The first-order valence-electron chi connectivity index (χ1n) is 6.87. The molecule has 1 aliphatic heterocycles. The average molecular weight is 261 g/mol. The SMILES string of the molecule is CC(C)(N)C(=O)N1CCCN(c2ccccc2)CC1. The highest BCUT2D eigenvalue weighted by molar-refractivity contribution is 5.85. The smallest absolute Gasteiger partial charge is 0.242 e. The van der Waals surface area contributed by atoms with Gasteiger partial charge in [-0.2, -0.15) is 0 Å². The van der Waals surface area contributed by atoms with Crippen molar-refractivity contribution in [2.24, 2.45) is 5.73 Å². The maximum absolute atomic E-state index is 12.2. The van der Waals surface area contributed by atoms with Gasteiger partial charge in [0.2, 0.25) is 5.91 Å². The van der Waals surface area contributed by atoms with Gasteiger partial charge in [0.1, 0.15) is 0 Å². The summed E-state index contributed by atoms with van der Waals surface area (Å²) in [5.74, 6) is 0.0439. The molecule has 1 heterocycles. The second-order valence-electron chi connectivity index (χ2n) is 5.69. The molecule has 0 unspecified atom stereocenters. The highest BCUT2D eigenvalue weighted by atomic mass is 16.2. The van der Waals surface area contributed by atoms with Crippen molar-refractivity contribution in [3.8, 4) is 0 Å². The molecule has 0 radical (unpaired) electrons. The Morgan fingerprint density at radius 1 is 1.11 bits per heavy atom. The van der Waals surface area contributed by atoms with Gasteiger partial charge in [0, 0.05) is 31.9 Å². The number of carbonyl (C=O) groups excluding carboxylic acids is 1. The Labute approximate surface area is 115 Å². The molecular weight excluding hydrogens is 238 g/mol. The molecule has 1 aliphatic rings. The predicted octanol–water partition coefficient (Wildman–Crippen LogP) is 1.46. The summed E-state index contributed by atoms with van der Waals surface area (Å²) < 4.78 is 0. The third-order valence-corrected chi connectivity index (χ3v) is 3.46. The Kier molecular flexibility index (Phi) is 4.10. The number of nitrogens with two attached hydrogens (primary N) is 1. The third-order valence-electron chi connectivity index (χ3n) is 3.46. The van der Waals surface area contributed by atoms with Crippen LogP contribution >= 0.6 is 0 Å². The van der Waals surface area contributed by atoms with Crippen LogP contribution in [-0.2, 0) is 4.79 Å². The number of para-hydroxylation sites is 1. The monoisotopic (exact) mass is 261 g/mol. The molecule has 104 valence electrons. The first-order valence-corrected chi connectivity index (χ1v) is 6.87. The van der Waals surface area contributed by atoms with E-state index in [2.05, 4.69) is 17.0 Å². The Morgan fingerprint density at radius 3 is 2.42 bits per heavy atom. The van der Waals surface area contributed by atoms with Gasteiger partial charge in [-0.15, -0.1) is 0 Å². The molecule has 0 bridgehead atoms. The van der Waals surface area contributed by atoms with E-state index in [9.17, 15) is 4.79 Å². The molecule has 1 aromatic carbocycles. The van der Waals surface area contributed by atoms with Gasteiger partial charge in [-0.05, 0) is 32.4 Å². The van der Waals surface area contributed by atoms with E-state index >= 15 is 0 Å². The molecule has 0 spiro atoms. The number of anilines is 1. The zero-order chi connectivity index (χ0) is 13.9. The van der Waals surface area contributed by atoms with Gasteiger partial charge in [-0.3, -0.25) is 4.79 Å². The summed E-state index contributed by atoms with van der Waals surface area (Å²) in [6, 6.07) is 10.3. The maximum atomic E-state index is 12.2. The van der Waals surface area contributed by atoms with Crippen molar-refractivity contribution in [3.05, 3.63) is 30.3 Å². The molecule has 1 aromatic rings. The highest BCUT2D eigenvalue weighted by Crippen LogP contribution is 2.16. The van der Waals surface area contributed by atoms with Crippen LogP contribution in [0.3, 0.4) is 0 Å². The Balaban J connectivity index is 2.01. The molecule has 2 N–H and O–H groups in total. The van der Waals surface area contributed by atoms with E-state index in [1.807, 2.05) is 23.1 Å². The van der Waals surface area contributed by atoms with Crippen molar-refractivity contribution in [2.45, 2.75) is 25.8 Å². The second-order valence-corrected chi connectivity index (χ2v) is 5.69. The number of carbonyl (C=O) groups is 1. The first-order chi connectivity index (χ1) is 8.98. The predicted molar refractivity (Wildman–Crippen MR) is 78.1 cm³/mol. The van der Waals surface area contributed by atoms with E-state index in [4.69, 9.17) is 5.73 Å². The number of hydrogen-bond donors (Lipinski definition) is 1. The first kappa shape index (κ1) is 13.9. The Morgan fingerprint density at radius 2 is 1.79 bits per heavy atom. The van der Waals surface area contributed by atoms with Crippen LogP contribution in [0.5, 0.6) is 0 Å². The van der Waals surface area contributed by atoms with Crippen molar-refractivity contribution in [3.63, 3.8) is 0 Å². The largest absolute Gasteiger partial charge is 0.370 e. The van der Waals surface area contributed by atoms with Gasteiger partial charge in [-0.1, -0.05) is 18.2 Å². The second kappa shape index (κ2) is 5.61. The minimum atomic E-state index is -0.776. The molecule has 0 aliphatic carbocycles. The minimum Gasteiger partial charge on any atom is -0.370 e. The van der Waals surface area contributed by atoms with Gasteiger partial charge >= 0.3 is 0 Å². The maximum Gasteiger partial charge on any atom is 0.242 e. The van der Waals surface area contributed by atoms with Crippen molar-refractivity contribution in [1.29, 1.82) is 0 Å². The summed E-state index contributed by atoms with van der Waals surface area (Å²) in [5, 5.41) is 0. The number of benzene rings is 1. The third kappa shape index (κ3) is 3.47.